The number of aromatic amines is 1. The number of aromatic nitrogens is 1. The van der Waals surface area contributed by atoms with E-state index in [2.05, 4.69) is 44.4 Å². The molecule has 2 heterocycles. The molecule has 7 heteroatoms. The molecule has 0 radical (unpaired) electrons. The molecule has 1 aliphatic rings. The van der Waals surface area contributed by atoms with Gasteiger partial charge in [-0.3, -0.25) is 14.7 Å². The topological polar surface area (TPSA) is 89.8 Å². The number of aliphatic imine (C=N–C) groups is 1. The number of nitrogens with one attached hydrogen (secondary N) is 2. The van der Waals surface area contributed by atoms with Crippen molar-refractivity contribution in [1.29, 1.82) is 0 Å². The Labute approximate surface area is 188 Å². The van der Waals surface area contributed by atoms with Crippen LogP contribution in [0.25, 0.3) is 10.9 Å². The third kappa shape index (κ3) is 5.43. The van der Waals surface area contributed by atoms with Gasteiger partial charge in [0.1, 0.15) is 0 Å². The summed E-state index contributed by atoms with van der Waals surface area (Å²) in [6.07, 6.45) is 4.87. The number of hydrogen-bond donors (Lipinski definition) is 3. The van der Waals surface area contributed by atoms with E-state index in [0.29, 0.717) is 17.8 Å². The normalized spacial score (nSPS) is 16.1. The number of carbonyl (C=O) groups excluding carboxylic acids is 1. The number of amides is 1. The fraction of sp³-hybridized carbons (Fsp3) is 0.280. The van der Waals surface area contributed by atoms with Gasteiger partial charge in [0, 0.05) is 67.9 Å². The van der Waals surface area contributed by atoms with Crippen LogP contribution >= 0.6 is 0 Å². The largest absolute Gasteiger partial charge is 0.404 e. The van der Waals surface area contributed by atoms with Crippen molar-refractivity contribution in [1.82, 2.24) is 14.8 Å². The SMILES string of the molecule is CN1CCN(Cc2c[nH]c3cc(NC(=O)C(C=NCc4ccccc4)=CN)ccc23)CC1. The maximum absolute atomic E-state index is 12.6. The minimum Gasteiger partial charge on any atom is -0.404 e. The summed E-state index contributed by atoms with van der Waals surface area (Å²) in [6, 6.07) is 15.8. The first-order valence-electron chi connectivity index (χ1n) is 10.9. The van der Waals surface area contributed by atoms with Gasteiger partial charge in [0.15, 0.2) is 0 Å². The quantitative estimate of drug-likeness (QED) is 0.397. The molecule has 0 saturated carbocycles. The van der Waals surface area contributed by atoms with E-state index in [1.807, 2.05) is 42.5 Å². The van der Waals surface area contributed by atoms with E-state index in [1.165, 1.54) is 23.4 Å². The highest BCUT2D eigenvalue weighted by molar-refractivity contribution is 6.17. The highest BCUT2D eigenvalue weighted by atomic mass is 16.1. The summed E-state index contributed by atoms with van der Waals surface area (Å²) in [5, 5.41) is 4.10. The minimum absolute atomic E-state index is 0.284. The van der Waals surface area contributed by atoms with E-state index in [4.69, 9.17) is 5.73 Å². The number of piperazine rings is 1. The second-order valence-corrected chi connectivity index (χ2v) is 8.19. The van der Waals surface area contributed by atoms with Crippen LogP contribution in [0, 0.1) is 0 Å². The molecule has 7 nitrogen and oxygen atoms in total. The molecule has 0 bridgehead atoms. The van der Waals surface area contributed by atoms with Crippen LogP contribution in [0.2, 0.25) is 0 Å². The second kappa shape index (κ2) is 10.3. The van der Waals surface area contributed by atoms with Gasteiger partial charge in [0.05, 0.1) is 12.1 Å². The van der Waals surface area contributed by atoms with Crippen LogP contribution in [0.4, 0.5) is 5.69 Å². The summed E-state index contributed by atoms with van der Waals surface area (Å²) in [7, 11) is 2.17. The zero-order valence-corrected chi connectivity index (χ0v) is 18.4. The summed E-state index contributed by atoms with van der Waals surface area (Å²) in [4.78, 5) is 25.2. The predicted molar refractivity (Wildman–Crippen MR) is 131 cm³/mol. The number of fused-ring (bicyclic) bond motifs is 1. The maximum Gasteiger partial charge on any atom is 0.258 e. The van der Waals surface area contributed by atoms with Crippen LogP contribution in [-0.2, 0) is 17.9 Å². The fourth-order valence-electron chi connectivity index (χ4n) is 3.86. The fourth-order valence-corrected chi connectivity index (χ4v) is 3.86. The smallest absolute Gasteiger partial charge is 0.258 e. The summed E-state index contributed by atoms with van der Waals surface area (Å²) < 4.78 is 0. The van der Waals surface area contributed by atoms with E-state index in [1.54, 1.807) is 0 Å². The van der Waals surface area contributed by atoms with Crippen molar-refractivity contribution in [2.45, 2.75) is 13.1 Å². The van der Waals surface area contributed by atoms with Crippen molar-refractivity contribution in [2.24, 2.45) is 10.7 Å². The number of anilines is 1. The number of nitrogens with zero attached hydrogens (tertiary/aromatic N) is 3. The van der Waals surface area contributed by atoms with Crippen LogP contribution in [0.5, 0.6) is 0 Å². The Balaban J connectivity index is 1.38. The number of likely N-dealkylation sites (N-methyl/N-ethyl adjacent to an activating group) is 1. The molecular formula is C25H30N6O. The van der Waals surface area contributed by atoms with Crippen molar-refractivity contribution in [3.05, 3.63) is 77.6 Å². The van der Waals surface area contributed by atoms with Gasteiger partial charge in [-0.25, -0.2) is 0 Å². The van der Waals surface area contributed by atoms with Crippen LogP contribution in [0.3, 0.4) is 0 Å². The molecule has 166 valence electrons. The summed E-state index contributed by atoms with van der Waals surface area (Å²) in [5.41, 5.74) is 10.1. The van der Waals surface area contributed by atoms with E-state index in [0.717, 1.165) is 43.8 Å². The Kier molecular flexibility index (Phi) is 6.99. The standard InChI is InChI=1S/C25H30N6O/c1-30-9-11-31(12-10-30)18-21-17-28-24-13-22(7-8-23(21)24)29-25(32)20(14-26)16-27-15-19-5-3-2-4-6-19/h2-8,13-14,16-17,28H,9-12,15,18,26H2,1H3,(H,29,32). The average molecular weight is 431 g/mol. The summed E-state index contributed by atoms with van der Waals surface area (Å²) >= 11 is 0. The lowest BCUT2D eigenvalue weighted by atomic mass is 10.1. The van der Waals surface area contributed by atoms with Crippen molar-refractivity contribution >= 4 is 28.7 Å². The van der Waals surface area contributed by atoms with E-state index < -0.39 is 0 Å². The number of nitrogens with two attached hydrogens (primary N) is 1. The lowest BCUT2D eigenvalue weighted by Crippen LogP contribution is -2.43. The number of hydrogen-bond acceptors (Lipinski definition) is 5. The molecule has 0 unspecified atom stereocenters. The lowest BCUT2D eigenvalue weighted by Gasteiger charge is -2.32. The lowest BCUT2D eigenvalue weighted by molar-refractivity contribution is -0.112. The highest BCUT2D eigenvalue weighted by Crippen LogP contribution is 2.24. The van der Waals surface area contributed by atoms with Crippen molar-refractivity contribution in [3.63, 3.8) is 0 Å². The third-order valence-corrected chi connectivity index (χ3v) is 5.80. The number of benzene rings is 2. The molecular weight excluding hydrogens is 400 g/mol. The van der Waals surface area contributed by atoms with Gasteiger partial charge in [-0.15, -0.1) is 0 Å². The maximum atomic E-state index is 12.6. The first-order valence-corrected chi connectivity index (χ1v) is 10.9. The van der Waals surface area contributed by atoms with Gasteiger partial charge in [0.25, 0.3) is 5.91 Å². The zero-order valence-electron chi connectivity index (χ0n) is 18.4. The minimum atomic E-state index is -0.284. The summed E-state index contributed by atoms with van der Waals surface area (Å²) in [6.45, 7) is 5.79. The Hall–Kier alpha value is -3.42. The Morgan fingerprint density at radius 2 is 1.94 bits per heavy atom. The summed E-state index contributed by atoms with van der Waals surface area (Å²) in [5.74, 6) is -0.284. The van der Waals surface area contributed by atoms with Gasteiger partial charge in [-0.2, -0.15) is 0 Å². The molecule has 2 aromatic carbocycles. The van der Waals surface area contributed by atoms with Gasteiger partial charge < -0.3 is 20.9 Å². The Morgan fingerprint density at radius 3 is 2.69 bits per heavy atom. The monoisotopic (exact) mass is 430 g/mol. The van der Waals surface area contributed by atoms with Crippen molar-refractivity contribution in [3.8, 4) is 0 Å². The van der Waals surface area contributed by atoms with E-state index in [9.17, 15) is 4.79 Å². The van der Waals surface area contributed by atoms with Crippen LogP contribution in [0.1, 0.15) is 11.1 Å². The van der Waals surface area contributed by atoms with Crippen LogP contribution in [-0.4, -0.2) is 60.1 Å². The van der Waals surface area contributed by atoms with Gasteiger partial charge in [-0.1, -0.05) is 36.4 Å². The molecule has 1 amide bonds. The van der Waals surface area contributed by atoms with Crippen LogP contribution in [0.15, 0.2) is 71.5 Å². The molecule has 32 heavy (non-hydrogen) atoms. The molecule has 0 aliphatic carbocycles. The second-order valence-electron chi connectivity index (χ2n) is 8.19. The first kappa shape index (κ1) is 21.8. The van der Waals surface area contributed by atoms with Gasteiger partial charge in [-0.05, 0) is 30.3 Å². The molecule has 4 rings (SSSR count). The highest BCUT2D eigenvalue weighted by Gasteiger charge is 2.16. The molecule has 1 fully saturated rings. The molecule has 1 aliphatic heterocycles. The van der Waals surface area contributed by atoms with Gasteiger partial charge >= 0.3 is 0 Å². The molecule has 0 spiro atoms. The first-order chi connectivity index (χ1) is 15.6. The van der Waals surface area contributed by atoms with Crippen LogP contribution < -0.4 is 11.1 Å². The molecule has 0 atom stereocenters. The number of H-pyrrole nitrogens is 1. The third-order valence-electron chi connectivity index (χ3n) is 5.80. The van der Waals surface area contributed by atoms with Crippen molar-refractivity contribution in [2.75, 3.05) is 38.5 Å². The Bertz CT molecular complexity index is 1110. The predicted octanol–water partition coefficient (Wildman–Crippen LogP) is 2.97. The van der Waals surface area contributed by atoms with E-state index in [-0.39, 0.29) is 5.91 Å². The molecule has 3 aromatic rings. The molecule has 4 N–H and O–H groups in total. The van der Waals surface area contributed by atoms with Crippen molar-refractivity contribution < 1.29 is 4.79 Å². The van der Waals surface area contributed by atoms with E-state index >= 15 is 0 Å². The van der Waals surface area contributed by atoms with Gasteiger partial charge in [0.2, 0.25) is 0 Å². The Morgan fingerprint density at radius 1 is 1.16 bits per heavy atom. The number of rotatable bonds is 7. The molecule has 1 aromatic heterocycles. The number of carbonyl (C=O) groups is 1. The average Bonchev–Trinajstić information content (AvgIpc) is 3.20. The molecule has 1 saturated heterocycles. The zero-order chi connectivity index (χ0) is 22.3.